The van der Waals surface area contributed by atoms with E-state index in [0.717, 1.165) is 57.3 Å². The summed E-state index contributed by atoms with van der Waals surface area (Å²) < 4.78 is 2.23. The van der Waals surface area contributed by atoms with Crippen LogP contribution < -0.4 is 0 Å². The molecule has 0 N–H and O–H groups in total. The van der Waals surface area contributed by atoms with Crippen molar-refractivity contribution < 1.29 is 4.79 Å². The molecule has 1 saturated heterocycles. The maximum Gasteiger partial charge on any atom is 0.223 e. The number of amides is 1. The van der Waals surface area contributed by atoms with Gasteiger partial charge in [0.15, 0.2) is 0 Å². The Morgan fingerprint density at radius 1 is 1.12 bits per heavy atom. The summed E-state index contributed by atoms with van der Waals surface area (Å²) in [7, 11) is 0. The number of aryl methyl sites for hydroxylation is 1. The van der Waals surface area contributed by atoms with Gasteiger partial charge in [-0.25, -0.2) is 4.98 Å². The summed E-state index contributed by atoms with van der Waals surface area (Å²) in [6.45, 7) is 7.76. The number of hydrogen-bond acceptors (Lipinski definition) is 4. The Labute approximate surface area is 160 Å². The summed E-state index contributed by atoms with van der Waals surface area (Å²) in [6.07, 6.45) is 5.52. The van der Waals surface area contributed by atoms with Crippen LogP contribution in [0.15, 0.2) is 47.6 Å². The molecule has 3 rings (SSSR count). The summed E-state index contributed by atoms with van der Waals surface area (Å²) in [6, 6.07) is 10.3. The minimum Gasteiger partial charge on any atom is -0.340 e. The molecule has 2 heterocycles. The lowest BCUT2D eigenvalue weighted by Gasteiger charge is -2.35. The van der Waals surface area contributed by atoms with Gasteiger partial charge < -0.3 is 9.47 Å². The van der Waals surface area contributed by atoms with Crippen LogP contribution in [-0.4, -0.2) is 63.7 Å². The fraction of sp³-hybridized carbons (Fsp3) is 0.500. The number of benzene rings is 1. The molecule has 0 saturated carbocycles. The third-order valence-corrected chi connectivity index (χ3v) is 5.84. The van der Waals surface area contributed by atoms with Crippen molar-refractivity contribution >= 4 is 17.7 Å². The minimum atomic E-state index is 0.288. The van der Waals surface area contributed by atoms with Gasteiger partial charge in [-0.05, 0) is 12.1 Å². The molecule has 1 aliphatic heterocycles. The third kappa shape index (κ3) is 5.35. The maximum atomic E-state index is 12.4. The molecule has 2 aromatic rings. The zero-order chi connectivity index (χ0) is 18.2. The predicted octanol–water partition coefficient (Wildman–Crippen LogP) is 2.77. The van der Waals surface area contributed by atoms with Crippen molar-refractivity contribution in [2.24, 2.45) is 0 Å². The molecular formula is C20H28N4OS. The Morgan fingerprint density at radius 2 is 1.88 bits per heavy atom. The van der Waals surface area contributed by atoms with E-state index in [0.29, 0.717) is 6.42 Å². The number of piperazine rings is 1. The highest BCUT2D eigenvalue weighted by molar-refractivity contribution is 7.99. The molecule has 1 aromatic heterocycles. The van der Waals surface area contributed by atoms with Crippen LogP contribution in [0.5, 0.6) is 0 Å². The average molecular weight is 373 g/mol. The predicted molar refractivity (Wildman–Crippen MR) is 106 cm³/mol. The summed E-state index contributed by atoms with van der Waals surface area (Å²) in [5.74, 6) is 2.29. The topological polar surface area (TPSA) is 41.4 Å². The van der Waals surface area contributed by atoms with E-state index in [-0.39, 0.29) is 5.91 Å². The SMILES string of the molecule is CCc1nccn1CCN1CCN(C(=O)CCSc2ccccc2)CC1. The van der Waals surface area contributed by atoms with E-state index in [2.05, 4.69) is 39.7 Å². The van der Waals surface area contributed by atoms with E-state index in [1.165, 1.54) is 4.90 Å². The van der Waals surface area contributed by atoms with Crippen molar-refractivity contribution in [1.29, 1.82) is 0 Å². The molecule has 1 amide bonds. The van der Waals surface area contributed by atoms with E-state index in [4.69, 9.17) is 0 Å². The molecule has 1 aromatic carbocycles. The summed E-state index contributed by atoms with van der Waals surface area (Å²) in [5.41, 5.74) is 0. The van der Waals surface area contributed by atoms with Crippen molar-refractivity contribution in [2.45, 2.75) is 31.2 Å². The molecule has 26 heavy (non-hydrogen) atoms. The number of nitrogens with zero attached hydrogens (tertiary/aromatic N) is 4. The molecule has 6 heteroatoms. The lowest BCUT2D eigenvalue weighted by Crippen LogP contribution is -2.49. The van der Waals surface area contributed by atoms with Crippen LogP contribution >= 0.6 is 11.8 Å². The quantitative estimate of drug-likeness (QED) is 0.668. The molecule has 5 nitrogen and oxygen atoms in total. The monoisotopic (exact) mass is 372 g/mol. The van der Waals surface area contributed by atoms with Gasteiger partial charge in [-0.1, -0.05) is 25.1 Å². The maximum absolute atomic E-state index is 12.4. The lowest BCUT2D eigenvalue weighted by molar-refractivity contribution is -0.132. The van der Waals surface area contributed by atoms with E-state index in [9.17, 15) is 4.79 Å². The fourth-order valence-electron chi connectivity index (χ4n) is 3.26. The van der Waals surface area contributed by atoms with Gasteiger partial charge in [-0.2, -0.15) is 0 Å². The summed E-state index contributed by atoms with van der Waals surface area (Å²) >= 11 is 1.76. The highest BCUT2D eigenvalue weighted by atomic mass is 32.2. The zero-order valence-corrected chi connectivity index (χ0v) is 16.3. The van der Waals surface area contributed by atoms with Crippen molar-refractivity contribution in [3.63, 3.8) is 0 Å². The van der Waals surface area contributed by atoms with Crippen LogP contribution in [0.4, 0.5) is 0 Å². The molecule has 0 radical (unpaired) electrons. The van der Waals surface area contributed by atoms with E-state index in [1.807, 2.05) is 29.3 Å². The van der Waals surface area contributed by atoms with E-state index >= 15 is 0 Å². The number of aromatic nitrogens is 2. The summed E-state index contributed by atoms with van der Waals surface area (Å²) in [5, 5.41) is 0. The standard InChI is InChI=1S/C20H28N4OS/c1-2-19-21-9-10-23(19)14-11-22-12-15-24(16-13-22)20(25)8-17-26-18-6-4-3-5-7-18/h3-7,9-10H,2,8,11-17H2,1H3. The van der Waals surface area contributed by atoms with E-state index < -0.39 is 0 Å². The van der Waals surface area contributed by atoms with Gasteiger partial charge in [-0.3, -0.25) is 9.69 Å². The second-order valence-electron chi connectivity index (χ2n) is 6.52. The van der Waals surface area contributed by atoms with Crippen molar-refractivity contribution in [1.82, 2.24) is 19.4 Å². The number of carbonyl (C=O) groups excluding carboxylic acids is 1. The third-order valence-electron chi connectivity index (χ3n) is 4.83. The lowest BCUT2D eigenvalue weighted by atomic mass is 10.3. The van der Waals surface area contributed by atoms with Crippen molar-refractivity contribution in [3.8, 4) is 0 Å². The highest BCUT2D eigenvalue weighted by Gasteiger charge is 2.20. The van der Waals surface area contributed by atoms with Gasteiger partial charge in [0.2, 0.25) is 5.91 Å². The second kappa shape index (κ2) is 9.78. The van der Waals surface area contributed by atoms with Gasteiger partial charge in [0.25, 0.3) is 0 Å². The molecule has 0 aliphatic carbocycles. The van der Waals surface area contributed by atoms with Crippen LogP contribution in [0.25, 0.3) is 0 Å². The molecular weight excluding hydrogens is 344 g/mol. The molecule has 0 spiro atoms. The number of carbonyl (C=O) groups is 1. The molecule has 1 fully saturated rings. The zero-order valence-electron chi connectivity index (χ0n) is 15.5. The molecule has 0 unspecified atom stereocenters. The minimum absolute atomic E-state index is 0.288. The van der Waals surface area contributed by atoms with Crippen molar-refractivity contribution in [3.05, 3.63) is 48.5 Å². The smallest absolute Gasteiger partial charge is 0.223 e. The Balaban J connectivity index is 1.34. The summed E-state index contributed by atoms with van der Waals surface area (Å²) in [4.78, 5) is 22.5. The Kier molecular flexibility index (Phi) is 7.14. The van der Waals surface area contributed by atoms with Gasteiger partial charge in [-0.15, -0.1) is 11.8 Å². The number of thioether (sulfide) groups is 1. The molecule has 140 valence electrons. The molecule has 1 aliphatic rings. The van der Waals surface area contributed by atoms with Crippen LogP contribution in [0.3, 0.4) is 0 Å². The van der Waals surface area contributed by atoms with Gasteiger partial charge in [0.05, 0.1) is 0 Å². The average Bonchev–Trinajstić information content (AvgIpc) is 3.15. The molecule has 0 atom stereocenters. The van der Waals surface area contributed by atoms with Crippen LogP contribution in [0.2, 0.25) is 0 Å². The van der Waals surface area contributed by atoms with Crippen molar-refractivity contribution in [2.75, 3.05) is 38.5 Å². The van der Waals surface area contributed by atoms with E-state index in [1.54, 1.807) is 11.8 Å². The first kappa shape index (κ1) is 19.0. The van der Waals surface area contributed by atoms with Gasteiger partial charge in [0, 0.05) is 75.2 Å². The van der Waals surface area contributed by atoms with Gasteiger partial charge >= 0.3 is 0 Å². The number of rotatable bonds is 8. The highest BCUT2D eigenvalue weighted by Crippen LogP contribution is 2.18. The number of imidazole rings is 1. The molecule has 0 bridgehead atoms. The van der Waals surface area contributed by atoms with Gasteiger partial charge in [0.1, 0.15) is 5.82 Å². The fourth-order valence-corrected chi connectivity index (χ4v) is 4.12. The Morgan fingerprint density at radius 3 is 2.62 bits per heavy atom. The number of hydrogen-bond donors (Lipinski definition) is 0. The first-order valence-corrected chi connectivity index (χ1v) is 10.4. The van der Waals surface area contributed by atoms with Crippen LogP contribution in [0.1, 0.15) is 19.2 Å². The Bertz CT molecular complexity index is 680. The first-order chi connectivity index (χ1) is 12.8. The second-order valence-corrected chi connectivity index (χ2v) is 7.69. The van der Waals surface area contributed by atoms with Crippen LogP contribution in [-0.2, 0) is 17.8 Å². The Hall–Kier alpha value is -1.79. The normalized spacial score (nSPS) is 15.3. The first-order valence-electron chi connectivity index (χ1n) is 9.44. The largest absolute Gasteiger partial charge is 0.340 e. The van der Waals surface area contributed by atoms with Crippen LogP contribution in [0, 0.1) is 0 Å².